The fraction of sp³-hybridized carbons (Fsp3) is 0.136. The Hall–Kier alpha value is -3.47. The maximum Gasteiger partial charge on any atom is 0.201 e. The van der Waals surface area contributed by atoms with Gasteiger partial charge in [0, 0.05) is 5.69 Å². The van der Waals surface area contributed by atoms with Gasteiger partial charge in [-0.1, -0.05) is 30.3 Å². The van der Waals surface area contributed by atoms with Gasteiger partial charge in [0.1, 0.15) is 11.5 Å². The molecule has 0 spiro atoms. The number of guanidine groups is 1. The fourth-order valence-electron chi connectivity index (χ4n) is 2.68. The van der Waals surface area contributed by atoms with Crippen LogP contribution in [0.25, 0.3) is 0 Å². The molecule has 5 heteroatoms. The fourth-order valence-corrected chi connectivity index (χ4v) is 2.68. The van der Waals surface area contributed by atoms with Gasteiger partial charge in [-0.2, -0.15) is 0 Å². The summed E-state index contributed by atoms with van der Waals surface area (Å²) < 4.78 is 10.4. The highest BCUT2D eigenvalue weighted by molar-refractivity contribution is 5.96. The average molecular weight is 361 g/mol. The van der Waals surface area contributed by atoms with Gasteiger partial charge in [0.2, 0.25) is 5.96 Å². The molecular weight excluding hydrogens is 338 g/mol. The summed E-state index contributed by atoms with van der Waals surface area (Å²) in [4.78, 5) is 6.55. The molecule has 0 fully saturated rings. The van der Waals surface area contributed by atoms with Crippen LogP contribution in [-0.2, 0) is 6.54 Å². The zero-order chi connectivity index (χ0) is 19.1. The highest BCUT2D eigenvalue weighted by Gasteiger charge is 2.12. The van der Waals surface area contributed by atoms with E-state index in [0.717, 1.165) is 28.4 Å². The molecule has 0 aliphatic carbocycles. The lowest BCUT2D eigenvalue weighted by Crippen LogP contribution is -2.36. The minimum atomic E-state index is 0.411. The van der Waals surface area contributed by atoms with E-state index in [4.69, 9.17) is 15.2 Å². The van der Waals surface area contributed by atoms with E-state index in [-0.39, 0.29) is 0 Å². The number of hydrogen-bond donors (Lipinski definition) is 1. The van der Waals surface area contributed by atoms with Crippen molar-refractivity contribution in [1.29, 1.82) is 0 Å². The third kappa shape index (κ3) is 4.79. The van der Waals surface area contributed by atoms with E-state index in [1.165, 1.54) is 0 Å². The zero-order valence-corrected chi connectivity index (χ0v) is 15.5. The average Bonchev–Trinajstić information content (AvgIpc) is 2.73. The first-order valence-electron chi connectivity index (χ1n) is 8.63. The Kier molecular flexibility index (Phi) is 5.94. The molecule has 0 aliphatic rings. The van der Waals surface area contributed by atoms with Gasteiger partial charge < -0.3 is 20.1 Å². The van der Waals surface area contributed by atoms with E-state index in [0.29, 0.717) is 12.5 Å². The Morgan fingerprint density at radius 2 is 1.37 bits per heavy atom. The van der Waals surface area contributed by atoms with E-state index in [1.54, 1.807) is 14.2 Å². The van der Waals surface area contributed by atoms with Gasteiger partial charge in [0.05, 0.1) is 26.5 Å². The van der Waals surface area contributed by atoms with Crippen LogP contribution in [0.4, 0.5) is 11.4 Å². The second-order valence-electron chi connectivity index (χ2n) is 5.94. The molecule has 0 heterocycles. The normalized spacial score (nSPS) is 11.1. The van der Waals surface area contributed by atoms with Crippen LogP contribution in [0, 0.1) is 0 Å². The number of benzene rings is 3. The van der Waals surface area contributed by atoms with Gasteiger partial charge in [0.15, 0.2) is 0 Å². The number of nitrogens with zero attached hydrogens (tertiary/aromatic N) is 2. The molecule has 27 heavy (non-hydrogen) atoms. The van der Waals surface area contributed by atoms with Crippen LogP contribution < -0.4 is 20.1 Å². The molecule has 0 saturated heterocycles. The zero-order valence-electron chi connectivity index (χ0n) is 15.5. The molecular formula is C22H23N3O2. The van der Waals surface area contributed by atoms with Crippen LogP contribution in [0.5, 0.6) is 11.5 Å². The Morgan fingerprint density at radius 1 is 0.815 bits per heavy atom. The summed E-state index contributed by atoms with van der Waals surface area (Å²) in [5.74, 6) is 1.99. The SMILES string of the molecule is COc1ccc(N=C(N)N(Cc2ccccc2)c2ccc(OC)cc2)cc1. The van der Waals surface area contributed by atoms with Gasteiger partial charge in [0.25, 0.3) is 0 Å². The molecule has 0 aromatic heterocycles. The molecule has 3 rings (SSSR count). The smallest absolute Gasteiger partial charge is 0.201 e. The van der Waals surface area contributed by atoms with Crippen molar-refractivity contribution in [3.05, 3.63) is 84.4 Å². The van der Waals surface area contributed by atoms with Gasteiger partial charge in [-0.25, -0.2) is 4.99 Å². The Balaban J connectivity index is 1.92. The molecule has 0 amide bonds. The molecule has 2 N–H and O–H groups in total. The second kappa shape index (κ2) is 8.76. The summed E-state index contributed by atoms with van der Waals surface area (Å²) in [7, 11) is 3.29. The van der Waals surface area contributed by atoms with Crippen molar-refractivity contribution in [3.8, 4) is 11.5 Å². The lowest BCUT2D eigenvalue weighted by atomic mass is 10.2. The Morgan fingerprint density at radius 3 is 1.93 bits per heavy atom. The number of hydrogen-bond acceptors (Lipinski definition) is 3. The Labute approximate surface area is 159 Å². The number of anilines is 1. The van der Waals surface area contributed by atoms with Crippen LogP contribution in [0.1, 0.15) is 5.56 Å². The molecule has 0 atom stereocenters. The summed E-state index contributed by atoms with van der Waals surface area (Å²) >= 11 is 0. The largest absolute Gasteiger partial charge is 0.497 e. The summed E-state index contributed by atoms with van der Waals surface area (Å²) in [5.41, 5.74) is 9.23. The number of methoxy groups -OCH3 is 2. The maximum absolute atomic E-state index is 6.38. The predicted molar refractivity (Wildman–Crippen MR) is 110 cm³/mol. The first-order valence-corrected chi connectivity index (χ1v) is 8.63. The number of aliphatic imine (C=N–C) groups is 1. The van der Waals surface area contributed by atoms with Crippen LogP contribution in [0.2, 0.25) is 0 Å². The van der Waals surface area contributed by atoms with Crippen molar-refractivity contribution in [1.82, 2.24) is 0 Å². The standard InChI is InChI=1S/C22H23N3O2/c1-26-20-12-8-18(9-13-20)24-22(23)25(16-17-6-4-3-5-7-17)19-10-14-21(27-2)15-11-19/h3-15H,16H2,1-2H3,(H2,23,24). The summed E-state index contributed by atoms with van der Waals surface area (Å²) in [6.07, 6.45) is 0. The van der Waals surface area contributed by atoms with E-state index < -0.39 is 0 Å². The molecule has 0 saturated carbocycles. The van der Waals surface area contributed by atoms with Crippen molar-refractivity contribution in [2.75, 3.05) is 19.1 Å². The number of ether oxygens (including phenoxy) is 2. The van der Waals surface area contributed by atoms with Crippen molar-refractivity contribution in [2.24, 2.45) is 10.7 Å². The minimum absolute atomic E-state index is 0.411. The first kappa shape index (κ1) is 18.3. The number of rotatable bonds is 6. The topological polar surface area (TPSA) is 60.1 Å². The van der Waals surface area contributed by atoms with Crippen molar-refractivity contribution < 1.29 is 9.47 Å². The van der Waals surface area contributed by atoms with Gasteiger partial charge >= 0.3 is 0 Å². The third-order valence-electron chi connectivity index (χ3n) is 4.16. The van der Waals surface area contributed by atoms with Crippen LogP contribution in [0.15, 0.2) is 83.9 Å². The molecule has 3 aromatic carbocycles. The number of nitrogens with two attached hydrogens (primary N) is 1. The third-order valence-corrected chi connectivity index (χ3v) is 4.16. The molecule has 0 aliphatic heterocycles. The molecule has 3 aromatic rings. The molecule has 0 radical (unpaired) electrons. The van der Waals surface area contributed by atoms with Gasteiger partial charge in [-0.15, -0.1) is 0 Å². The second-order valence-corrected chi connectivity index (χ2v) is 5.94. The maximum atomic E-state index is 6.38. The van der Waals surface area contributed by atoms with Gasteiger partial charge in [-0.05, 0) is 54.1 Å². The predicted octanol–water partition coefficient (Wildman–Crippen LogP) is 4.36. The molecule has 0 bridgehead atoms. The van der Waals surface area contributed by atoms with E-state index in [1.807, 2.05) is 71.6 Å². The lowest BCUT2D eigenvalue weighted by molar-refractivity contribution is 0.415. The monoisotopic (exact) mass is 361 g/mol. The summed E-state index contributed by atoms with van der Waals surface area (Å²) in [6, 6.07) is 25.4. The van der Waals surface area contributed by atoms with Crippen LogP contribution in [0.3, 0.4) is 0 Å². The van der Waals surface area contributed by atoms with Crippen LogP contribution >= 0.6 is 0 Å². The van der Waals surface area contributed by atoms with E-state index in [2.05, 4.69) is 17.1 Å². The van der Waals surface area contributed by atoms with Crippen molar-refractivity contribution >= 4 is 17.3 Å². The lowest BCUT2D eigenvalue weighted by Gasteiger charge is -2.24. The van der Waals surface area contributed by atoms with Crippen molar-refractivity contribution in [2.45, 2.75) is 6.54 Å². The van der Waals surface area contributed by atoms with Crippen LogP contribution in [-0.4, -0.2) is 20.2 Å². The highest BCUT2D eigenvalue weighted by atomic mass is 16.5. The van der Waals surface area contributed by atoms with Gasteiger partial charge in [-0.3, -0.25) is 0 Å². The molecule has 0 unspecified atom stereocenters. The molecule has 138 valence electrons. The van der Waals surface area contributed by atoms with E-state index >= 15 is 0 Å². The highest BCUT2D eigenvalue weighted by Crippen LogP contribution is 2.23. The Bertz CT molecular complexity index is 876. The summed E-state index contributed by atoms with van der Waals surface area (Å²) in [6.45, 7) is 0.610. The quantitative estimate of drug-likeness (QED) is 0.524. The van der Waals surface area contributed by atoms with E-state index in [9.17, 15) is 0 Å². The molecule has 5 nitrogen and oxygen atoms in total. The minimum Gasteiger partial charge on any atom is -0.497 e. The van der Waals surface area contributed by atoms with Crippen molar-refractivity contribution in [3.63, 3.8) is 0 Å². The summed E-state index contributed by atoms with van der Waals surface area (Å²) in [5, 5.41) is 0. The first-order chi connectivity index (χ1) is 13.2.